The van der Waals surface area contributed by atoms with Crippen molar-refractivity contribution in [1.29, 1.82) is 0 Å². The molecule has 2 N–H and O–H groups in total. The van der Waals surface area contributed by atoms with Gasteiger partial charge in [-0.1, -0.05) is 44.2 Å². The van der Waals surface area contributed by atoms with E-state index in [0.717, 1.165) is 23.1 Å². The molecule has 1 heterocycles. The molecule has 0 unspecified atom stereocenters. The van der Waals surface area contributed by atoms with Gasteiger partial charge in [0.1, 0.15) is 11.3 Å². The molecule has 1 aromatic heterocycles. The van der Waals surface area contributed by atoms with E-state index in [2.05, 4.69) is 41.6 Å². The van der Waals surface area contributed by atoms with Gasteiger partial charge >= 0.3 is 0 Å². The number of nitrogens with zero attached hydrogens (tertiary/aromatic N) is 1. The first kappa shape index (κ1) is 22.5. The van der Waals surface area contributed by atoms with Crippen LogP contribution in [-0.4, -0.2) is 22.6 Å². The maximum absolute atomic E-state index is 12.1. The van der Waals surface area contributed by atoms with E-state index in [1.807, 2.05) is 48.5 Å². The van der Waals surface area contributed by atoms with Gasteiger partial charge < -0.3 is 14.5 Å². The van der Waals surface area contributed by atoms with E-state index in [9.17, 15) is 4.79 Å². The number of hydrogen-bond donors (Lipinski definition) is 2. The molecule has 0 aliphatic carbocycles. The molecular weight excluding hydrogens is 434 g/mol. The van der Waals surface area contributed by atoms with Crippen molar-refractivity contribution in [2.45, 2.75) is 26.2 Å². The third-order valence-electron chi connectivity index (χ3n) is 5.33. The summed E-state index contributed by atoms with van der Waals surface area (Å²) < 4.78 is 11.4. The number of oxazole rings is 1. The molecule has 6 nitrogen and oxygen atoms in total. The monoisotopic (exact) mass is 459 g/mol. The van der Waals surface area contributed by atoms with Crippen LogP contribution in [0, 0.1) is 0 Å². The van der Waals surface area contributed by atoms with Crippen LogP contribution in [0.3, 0.4) is 0 Å². The van der Waals surface area contributed by atoms with E-state index >= 15 is 0 Å². The lowest BCUT2D eigenvalue weighted by atomic mass is 9.98. The van der Waals surface area contributed by atoms with E-state index in [-0.39, 0.29) is 17.6 Å². The fraction of sp³-hybridized carbons (Fsp3) is 0.192. The number of carbonyl (C=O) groups excluding carboxylic acids is 1. The number of anilines is 1. The standard InChI is InChI=1S/C26H25N3O3S/c1-3-17(2)18-12-13-23-22(15-18)28-25(32-23)19-8-7-9-20(14-19)27-26(33)29-24(30)16-31-21-10-5-4-6-11-21/h4-15,17H,3,16H2,1-2H3,(H2,27,29,30,33)/t17-/m1/s1. The van der Waals surface area contributed by atoms with Crippen molar-refractivity contribution in [2.24, 2.45) is 0 Å². The highest BCUT2D eigenvalue weighted by atomic mass is 32.1. The second kappa shape index (κ2) is 10.3. The Morgan fingerprint density at radius 1 is 1.09 bits per heavy atom. The van der Waals surface area contributed by atoms with E-state index < -0.39 is 0 Å². The minimum absolute atomic E-state index is 0.132. The Morgan fingerprint density at radius 2 is 1.91 bits per heavy atom. The summed E-state index contributed by atoms with van der Waals surface area (Å²) in [5.74, 6) is 1.27. The average Bonchev–Trinajstić information content (AvgIpc) is 3.26. The molecule has 0 spiro atoms. The Labute approximate surface area is 198 Å². The fourth-order valence-corrected chi connectivity index (χ4v) is 3.56. The maximum Gasteiger partial charge on any atom is 0.264 e. The Kier molecular flexibility index (Phi) is 7.00. The van der Waals surface area contributed by atoms with Crippen LogP contribution < -0.4 is 15.4 Å². The summed E-state index contributed by atoms with van der Waals surface area (Å²) >= 11 is 5.27. The van der Waals surface area contributed by atoms with Gasteiger partial charge in [-0.2, -0.15) is 0 Å². The number of benzene rings is 3. The highest BCUT2D eigenvalue weighted by Crippen LogP contribution is 2.29. The van der Waals surface area contributed by atoms with E-state index in [4.69, 9.17) is 21.4 Å². The zero-order chi connectivity index (χ0) is 23.2. The van der Waals surface area contributed by atoms with Crippen molar-refractivity contribution in [2.75, 3.05) is 11.9 Å². The number of amides is 1. The molecule has 7 heteroatoms. The lowest BCUT2D eigenvalue weighted by molar-refractivity contribution is -0.121. The van der Waals surface area contributed by atoms with Crippen molar-refractivity contribution < 1.29 is 13.9 Å². The molecule has 33 heavy (non-hydrogen) atoms. The van der Waals surface area contributed by atoms with E-state index in [1.165, 1.54) is 5.56 Å². The number of carbonyl (C=O) groups is 1. The molecule has 168 valence electrons. The SMILES string of the molecule is CC[C@@H](C)c1ccc2oc(-c3cccc(NC(=S)NC(=O)COc4ccccc4)c3)nc2c1. The van der Waals surface area contributed by atoms with Gasteiger partial charge in [0, 0.05) is 11.3 Å². The molecule has 4 rings (SSSR count). The molecule has 0 aliphatic rings. The quantitative estimate of drug-likeness (QED) is 0.335. The molecule has 0 saturated carbocycles. The fourth-order valence-electron chi connectivity index (χ4n) is 3.33. The second-order valence-electron chi connectivity index (χ2n) is 7.74. The minimum atomic E-state index is -0.344. The number of aromatic nitrogens is 1. The summed E-state index contributed by atoms with van der Waals surface area (Å²) in [6, 6.07) is 22.8. The van der Waals surface area contributed by atoms with Crippen LogP contribution in [0.2, 0.25) is 0 Å². The van der Waals surface area contributed by atoms with Crippen molar-refractivity contribution in [3.8, 4) is 17.2 Å². The minimum Gasteiger partial charge on any atom is -0.484 e. The van der Waals surface area contributed by atoms with Crippen molar-refractivity contribution in [1.82, 2.24) is 10.3 Å². The first-order valence-electron chi connectivity index (χ1n) is 10.8. The van der Waals surface area contributed by atoms with E-state index in [0.29, 0.717) is 23.2 Å². The lowest BCUT2D eigenvalue weighted by Gasteiger charge is -2.11. The van der Waals surface area contributed by atoms with E-state index in [1.54, 1.807) is 12.1 Å². The zero-order valence-electron chi connectivity index (χ0n) is 18.5. The summed E-state index contributed by atoms with van der Waals surface area (Å²) in [6.45, 7) is 4.24. The third kappa shape index (κ3) is 5.75. The second-order valence-corrected chi connectivity index (χ2v) is 8.15. The van der Waals surface area contributed by atoms with Crippen molar-refractivity contribution >= 4 is 40.0 Å². The van der Waals surface area contributed by atoms with Gasteiger partial charge in [-0.3, -0.25) is 10.1 Å². The Balaban J connectivity index is 1.40. The molecule has 0 aliphatic heterocycles. The van der Waals surface area contributed by atoms with Crippen LogP contribution in [0.4, 0.5) is 5.69 Å². The number of rotatable bonds is 7. The molecular formula is C26H25N3O3S. The normalized spacial score (nSPS) is 11.7. The van der Waals surface area contributed by atoms with Crippen LogP contribution in [0.5, 0.6) is 5.75 Å². The molecule has 4 aromatic rings. The van der Waals surface area contributed by atoms with Gasteiger partial charge in [0.2, 0.25) is 5.89 Å². The lowest BCUT2D eigenvalue weighted by Crippen LogP contribution is -2.37. The van der Waals surface area contributed by atoms with Crippen molar-refractivity contribution in [3.63, 3.8) is 0 Å². The first-order chi connectivity index (χ1) is 16.0. The number of para-hydroxylation sites is 1. The van der Waals surface area contributed by atoms with Crippen LogP contribution in [0.1, 0.15) is 31.7 Å². The predicted octanol–water partition coefficient (Wildman–Crippen LogP) is 5.90. The Bertz CT molecular complexity index is 1270. The molecule has 0 radical (unpaired) electrons. The Morgan fingerprint density at radius 3 is 2.70 bits per heavy atom. The number of hydrogen-bond acceptors (Lipinski definition) is 5. The van der Waals surface area contributed by atoms with Gasteiger partial charge in [0.25, 0.3) is 5.91 Å². The molecule has 0 bridgehead atoms. The highest BCUT2D eigenvalue weighted by molar-refractivity contribution is 7.80. The van der Waals surface area contributed by atoms with Gasteiger partial charge in [-0.05, 0) is 72.6 Å². The summed E-state index contributed by atoms with van der Waals surface area (Å²) in [5, 5.41) is 5.82. The number of thiocarbonyl (C=S) groups is 1. The smallest absolute Gasteiger partial charge is 0.264 e. The number of fused-ring (bicyclic) bond motifs is 1. The third-order valence-corrected chi connectivity index (χ3v) is 5.53. The van der Waals surface area contributed by atoms with Crippen LogP contribution in [0.15, 0.2) is 77.2 Å². The zero-order valence-corrected chi connectivity index (χ0v) is 19.3. The molecule has 1 amide bonds. The van der Waals surface area contributed by atoms with Crippen LogP contribution >= 0.6 is 12.2 Å². The van der Waals surface area contributed by atoms with Crippen molar-refractivity contribution in [3.05, 3.63) is 78.4 Å². The number of nitrogens with one attached hydrogen (secondary N) is 2. The van der Waals surface area contributed by atoms with Gasteiger partial charge in [0.05, 0.1) is 0 Å². The first-order valence-corrected chi connectivity index (χ1v) is 11.2. The summed E-state index contributed by atoms with van der Waals surface area (Å²) in [4.78, 5) is 16.8. The largest absolute Gasteiger partial charge is 0.484 e. The van der Waals surface area contributed by atoms with Crippen LogP contribution in [0.25, 0.3) is 22.6 Å². The maximum atomic E-state index is 12.1. The summed E-state index contributed by atoms with van der Waals surface area (Å²) in [5.41, 5.74) is 4.35. The molecule has 1 atom stereocenters. The molecule has 0 saturated heterocycles. The van der Waals surface area contributed by atoms with Crippen LogP contribution in [-0.2, 0) is 4.79 Å². The summed E-state index contributed by atoms with van der Waals surface area (Å²) in [7, 11) is 0. The van der Waals surface area contributed by atoms with Gasteiger partial charge in [0.15, 0.2) is 17.3 Å². The average molecular weight is 460 g/mol. The number of ether oxygens (including phenoxy) is 1. The Hall–Kier alpha value is -3.71. The highest BCUT2D eigenvalue weighted by Gasteiger charge is 2.12. The topological polar surface area (TPSA) is 76.4 Å². The predicted molar refractivity (Wildman–Crippen MR) is 134 cm³/mol. The molecule has 3 aromatic carbocycles. The van der Waals surface area contributed by atoms with Gasteiger partial charge in [-0.15, -0.1) is 0 Å². The molecule has 0 fully saturated rings. The van der Waals surface area contributed by atoms with Gasteiger partial charge in [-0.25, -0.2) is 4.98 Å². The summed E-state index contributed by atoms with van der Waals surface area (Å²) in [6.07, 6.45) is 1.07.